The fourth-order valence-electron chi connectivity index (χ4n) is 4.04. The first-order chi connectivity index (χ1) is 12.6. The van der Waals surface area contributed by atoms with Gasteiger partial charge in [-0.2, -0.15) is 0 Å². The molecule has 6 nitrogen and oxygen atoms in total. The van der Waals surface area contributed by atoms with Crippen LogP contribution in [0.5, 0.6) is 0 Å². The van der Waals surface area contributed by atoms with E-state index < -0.39 is 10.0 Å². The monoisotopic (exact) mass is 376 g/mol. The molecule has 7 heteroatoms. The first-order valence-corrected chi connectivity index (χ1v) is 10.5. The Balaban J connectivity index is 1.29. The molecule has 2 aromatic rings. The summed E-state index contributed by atoms with van der Waals surface area (Å²) in [6, 6.07) is 12.4. The summed E-state index contributed by atoms with van der Waals surface area (Å²) in [5.74, 6) is 1.35. The number of benzene rings is 1. The predicted molar refractivity (Wildman–Crippen MR) is 97.0 cm³/mol. The number of nitrogens with one attached hydrogen (secondary N) is 1. The van der Waals surface area contributed by atoms with E-state index in [-0.39, 0.29) is 5.60 Å². The van der Waals surface area contributed by atoms with Crippen molar-refractivity contribution in [1.82, 2.24) is 9.62 Å². The van der Waals surface area contributed by atoms with E-state index >= 15 is 0 Å². The maximum atomic E-state index is 12.3. The highest BCUT2D eigenvalue weighted by atomic mass is 32.2. The molecule has 1 atom stereocenters. The summed E-state index contributed by atoms with van der Waals surface area (Å²) in [4.78, 5) is 2.62. The van der Waals surface area contributed by atoms with Crippen LogP contribution >= 0.6 is 0 Å². The van der Waals surface area contributed by atoms with Crippen LogP contribution in [0, 0.1) is 5.92 Å². The predicted octanol–water partition coefficient (Wildman–Crippen LogP) is 2.24. The van der Waals surface area contributed by atoms with Gasteiger partial charge in [-0.15, -0.1) is 0 Å². The van der Waals surface area contributed by atoms with Gasteiger partial charge in [-0.25, -0.2) is 13.1 Å². The number of rotatable bonds is 7. The first kappa shape index (κ1) is 17.7. The Bertz CT molecular complexity index is 814. The average molecular weight is 376 g/mol. The fraction of sp³-hybridized carbons (Fsp3) is 0.474. The molecule has 0 radical (unpaired) electrons. The highest BCUT2D eigenvalue weighted by Crippen LogP contribution is 2.42. The molecule has 2 saturated heterocycles. The third-order valence-electron chi connectivity index (χ3n) is 5.38. The zero-order chi connectivity index (χ0) is 18.0. The van der Waals surface area contributed by atoms with Crippen LogP contribution in [-0.2, 0) is 21.3 Å². The molecule has 2 aliphatic heterocycles. The molecule has 1 N–H and O–H groups in total. The standard InChI is InChI=1S/C19H24N2O4S/c22-26(23,18-6-2-1-3-7-18)20-10-8-16-9-12-25-19(16)14-21(15-19)13-17-5-4-11-24-17/h1-7,11,16,20H,8-10,12-15H2. The van der Waals surface area contributed by atoms with E-state index in [0.717, 1.165) is 44.8 Å². The molecule has 3 heterocycles. The molecule has 2 fully saturated rings. The maximum absolute atomic E-state index is 12.3. The molecule has 140 valence electrons. The van der Waals surface area contributed by atoms with Crippen molar-refractivity contribution in [1.29, 1.82) is 0 Å². The first-order valence-electron chi connectivity index (χ1n) is 9.01. The Morgan fingerprint density at radius 3 is 2.69 bits per heavy atom. The second-order valence-electron chi connectivity index (χ2n) is 7.12. The van der Waals surface area contributed by atoms with Crippen molar-refractivity contribution >= 4 is 10.0 Å². The lowest BCUT2D eigenvalue weighted by Crippen LogP contribution is -2.64. The summed E-state index contributed by atoms with van der Waals surface area (Å²) in [6.07, 6.45) is 3.47. The number of ether oxygens (including phenoxy) is 1. The number of likely N-dealkylation sites (tertiary alicyclic amines) is 1. The van der Waals surface area contributed by atoms with Gasteiger partial charge >= 0.3 is 0 Å². The normalized spacial score (nSPS) is 22.5. The summed E-state index contributed by atoms with van der Waals surface area (Å²) < 4.78 is 38.8. The van der Waals surface area contributed by atoms with Crippen molar-refractivity contribution in [2.24, 2.45) is 5.92 Å². The molecule has 1 aromatic carbocycles. The van der Waals surface area contributed by atoms with Crippen molar-refractivity contribution < 1.29 is 17.6 Å². The van der Waals surface area contributed by atoms with Gasteiger partial charge in [0.15, 0.2) is 0 Å². The molecule has 1 spiro atoms. The quantitative estimate of drug-likeness (QED) is 0.802. The maximum Gasteiger partial charge on any atom is 0.240 e. The lowest BCUT2D eigenvalue weighted by atomic mass is 9.79. The zero-order valence-electron chi connectivity index (χ0n) is 14.6. The van der Waals surface area contributed by atoms with Crippen LogP contribution in [0.2, 0.25) is 0 Å². The van der Waals surface area contributed by atoms with Gasteiger partial charge in [0.05, 0.1) is 23.3 Å². The molecule has 1 aromatic heterocycles. The lowest BCUT2D eigenvalue weighted by molar-refractivity contribution is -0.138. The minimum absolute atomic E-state index is 0.120. The number of sulfonamides is 1. The molecule has 0 saturated carbocycles. The molecule has 26 heavy (non-hydrogen) atoms. The van der Waals surface area contributed by atoms with Crippen molar-refractivity contribution in [2.75, 3.05) is 26.2 Å². The Morgan fingerprint density at radius 1 is 1.15 bits per heavy atom. The van der Waals surface area contributed by atoms with E-state index in [1.807, 2.05) is 18.2 Å². The third kappa shape index (κ3) is 3.57. The molecule has 4 rings (SSSR count). The van der Waals surface area contributed by atoms with Crippen LogP contribution in [-0.4, -0.2) is 45.2 Å². The van der Waals surface area contributed by atoms with Crippen molar-refractivity contribution in [3.05, 3.63) is 54.5 Å². The van der Waals surface area contributed by atoms with Crippen LogP contribution in [0.15, 0.2) is 58.0 Å². The molecule has 2 aliphatic rings. The van der Waals surface area contributed by atoms with Gasteiger partial charge in [-0.1, -0.05) is 18.2 Å². The second kappa shape index (κ2) is 7.15. The van der Waals surface area contributed by atoms with E-state index in [1.165, 1.54) is 0 Å². The van der Waals surface area contributed by atoms with Crippen LogP contribution in [0.1, 0.15) is 18.6 Å². The van der Waals surface area contributed by atoms with Gasteiger partial charge in [0.1, 0.15) is 5.76 Å². The molecule has 0 amide bonds. The Morgan fingerprint density at radius 2 is 1.96 bits per heavy atom. The minimum atomic E-state index is -3.44. The van der Waals surface area contributed by atoms with Crippen LogP contribution < -0.4 is 4.72 Å². The van der Waals surface area contributed by atoms with Crippen molar-refractivity contribution in [3.8, 4) is 0 Å². The van der Waals surface area contributed by atoms with Gasteiger partial charge in [-0.05, 0) is 43.0 Å². The summed E-state index contributed by atoms with van der Waals surface area (Å²) in [5.41, 5.74) is -0.120. The van der Waals surface area contributed by atoms with E-state index in [2.05, 4.69) is 9.62 Å². The van der Waals surface area contributed by atoms with Gasteiger partial charge in [0.2, 0.25) is 10.0 Å². The number of furan rings is 1. The van der Waals surface area contributed by atoms with Crippen LogP contribution in [0.4, 0.5) is 0 Å². The van der Waals surface area contributed by atoms with Gasteiger partial charge in [0.25, 0.3) is 0 Å². The van der Waals surface area contributed by atoms with Gasteiger partial charge < -0.3 is 9.15 Å². The molecule has 1 unspecified atom stereocenters. The fourth-order valence-corrected chi connectivity index (χ4v) is 5.11. The van der Waals surface area contributed by atoms with E-state index in [9.17, 15) is 8.42 Å². The summed E-state index contributed by atoms with van der Waals surface area (Å²) in [6.45, 7) is 3.74. The smallest absolute Gasteiger partial charge is 0.240 e. The SMILES string of the molecule is O=S(=O)(NCCC1CCOC12CN(Cc1ccco1)C2)c1ccccc1. The van der Waals surface area contributed by atoms with Gasteiger partial charge in [0, 0.05) is 26.2 Å². The zero-order valence-corrected chi connectivity index (χ0v) is 15.5. The Labute approximate surface area is 154 Å². The summed E-state index contributed by atoms with van der Waals surface area (Å²) in [5, 5.41) is 0. The minimum Gasteiger partial charge on any atom is -0.468 e. The third-order valence-corrected chi connectivity index (χ3v) is 6.86. The summed E-state index contributed by atoms with van der Waals surface area (Å²) >= 11 is 0. The van der Waals surface area contributed by atoms with E-state index in [1.54, 1.807) is 30.5 Å². The van der Waals surface area contributed by atoms with Crippen LogP contribution in [0.25, 0.3) is 0 Å². The number of hydrogen-bond acceptors (Lipinski definition) is 5. The largest absolute Gasteiger partial charge is 0.468 e. The highest BCUT2D eigenvalue weighted by Gasteiger charge is 2.52. The second-order valence-corrected chi connectivity index (χ2v) is 8.89. The average Bonchev–Trinajstić information content (AvgIpc) is 3.26. The summed E-state index contributed by atoms with van der Waals surface area (Å²) in [7, 11) is -3.44. The molecular weight excluding hydrogens is 352 g/mol. The Kier molecular flexibility index (Phi) is 4.88. The highest BCUT2D eigenvalue weighted by molar-refractivity contribution is 7.89. The van der Waals surface area contributed by atoms with E-state index in [4.69, 9.17) is 9.15 Å². The topological polar surface area (TPSA) is 71.8 Å². The number of nitrogens with zero attached hydrogens (tertiary/aromatic N) is 1. The van der Waals surface area contributed by atoms with Crippen molar-refractivity contribution in [2.45, 2.75) is 29.9 Å². The molecule has 0 bridgehead atoms. The molecular formula is C19H24N2O4S. The van der Waals surface area contributed by atoms with Crippen LogP contribution in [0.3, 0.4) is 0 Å². The lowest BCUT2D eigenvalue weighted by Gasteiger charge is -2.50. The molecule has 0 aliphatic carbocycles. The van der Waals surface area contributed by atoms with E-state index in [0.29, 0.717) is 17.4 Å². The van der Waals surface area contributed by atoms with Crippen molar-refractivity contribution in [3.63, 3.8) is 0 Å². The van der Waals surface area contributed by atoms with Gasteiger partial charge in [-0.3, -0.25) is 4.90 Å². The Hall–Kier alpha value is -1.67. The number of hydrogen-bond donors (Lipinski definition) is 1.